The molecular formula is C12H19N5O. The van der Waals surface area contributed by atoms with E-state index in [-0.39, 0.29) is 12.6 Å². The summed E-state index contributed by atoms with van der Waals surface area (Å²) in [5, 5.41) is 17.7. The van der Waals surface area contributed by atoms with E-state index in [1.165, 1.54) is 6.33 Å². The van der Waals surface area contributed by atoms with Crippen molar-refractivity contribution in [3.8, 4) is 0 Å². The van der Waals surface area contributed by atoms with Crippen LogP contribution in [0.1, 0.15) is 20.3 Å². The Balaban J connectivity index is 2.25. The van der Waals surface area contributed by atoms with Gasteiger partial charge >= 0.3 is 0 Å². The number of aliphatic hydroxyl groups excluding tert-OH is 1. The normalized spacial score (nSPS) is 13.2. The van der Waals surface area contributed by atoms with Crippen LogP contribution in [0, 0.1) is 5.92 Å². The quantitative estimate of drug-likeness (QED) is 0.832. The van der Waals surface area contributed by atoms with Gasteiger partial charge in [-0.25, -0.2) is 9.97 Å². The van der Waals surface area contributed by atoms with Crippen molar-refractivity contribution in [1.29, 1.82) is 0 Å². The second kappa shape index (κ2) is 5.30. The van der Waals surface area contributed by atoms with Gasteiger partial charge in [0, 0.05) is 7.05 Å². The lowest BCUT2D eigenvalue weighted by molar-refractivity contribution is 0.259. The Kier molecular flexibility index (Phi) is 3.76. The molecule has 2 rings (SSSR count). The van der Waals surface area contributed by atoms with Crippen molar-refractivity contribution >= 4 is 16.9 Å². The Bertz CT molecular complexity index is 522. The van der Waals surface area contributed by atoms with E-state index in [4.69, 9.17) is 0 Å². The number of nitrogens with one attached hydrogen (secondary N) is 1. The largest absolute Gasteiger partial charge is 0.394 e. The number of rotatable bonds is 5. The molecule has 2 N–H and O–H groups in total. The maximum absolute atomic E-state index is 9.39. The smallest absolute Gasteiger partial charge is 0.163 e. The first-order chi connectivity index (χ1) is 8.61. The first-order valence-electron chi connectivity index (χ1n) is 6.12. The standard InChI is InChI=1S/C12H19N5O/c1-8(2)4-9(6-18)16-11-10-5-15-17(3)12(10)14-7-13-11/h5,7-9,18H,4,6H2,1-3H3,(H,13,14,16). The Morgan fingerprint density at radius 3 is 2.83 bits per heavy atom. The molecule has 18 heavy (non-hydrogen) atoms. The van der Waals surface area contributed by atoms with Gasteiger partial charge in [0.1, 0.15) is 12.1 Å². The van der Waals surface area contributed by atoms with Gasteiger partial charge in [-0.1, -0.05) is 13.8 Å². The van der Waals surface area contributed by atoms with Gasteiger partial charge < -0.3 is 10.4 Å². The average Bonchev–Trinajstić information content (AvgIpc) is 2.71. The fourth-order valence-electron chi connectivity index (χ4n) is 2.02. The zero-order valence-corrected chi connectivity index (χ0v) is 11.0. The van der Waals surface area contributed by atoms with E-state index in [1.807, 2.05) is 7.05 Å². The molecule has 1 atom stereocenters. The molecule has 0 aliphatic heterocycles. The molecule has 0 aliphatic rings. The average molecular weight is 249 g/mol. The summed E-state index contributed by atoms with van der Waals surface area (Å²) in [6.07, 6.45) is 4.14. The third kappa shape index (κ3) is 2.59. The zero-order valence-electron chi connectivity index (χ0n) is 11.0. The van der Waals surface area contributed by atoms with Crippen molar-refractivity contribution in [2.24, 2.45) is 13.0 Å². The third-order valence-corrected chi connectivity index (χ3v) is 2.85. The van der Waals surface area contributed by atoms with E-state index in [2.05, 4.69) is 34.2 Å². The zero-order chi connectivity index (χ0) is 13.1. The Labute approximate surface area is 106 Å². The molecule has 0 aliphatic carbocycles. The SMILES string of the molecule is CC(C)CC(CO)Nc1ncnc2c1cnn2C. The van der Waals surface area contributed by atoms with Gasteiger partial charge in [0.2, 0.25) is 0 Å². The summed E-state index contributed by atoms with van der Waals surface area (Å²) in [5.41, 5.74) is 0.786. The molecule has 2 aromatic heterocycles. The fraction of sp³-hybridized carbons (Fsp3) is 0.583. The fourth-order valence-corrected chi connectivity index (χ4v) is 2.02. The van der Waals surface area contributed by atoms with Crippen LogP contribution < -0.4 is 5.32 Å². The van der Waals surface area contributed by atoms with Crippen LogP contribution in [-0.4, -0.2) is 37.5 Å². The number of aromatic nitrogens is 4. The van der Waals surface area contributed by atoms with Gasteiger partial charge in [-0.15, -0.1) is 0 Å². The van der Waals surface area contributed by atoms with Crippen molar-refractivity contribution in [3.63, 3.8) is 0 Å². The molecule has 2 heterocycles. The second-order valence-corrected chi connectivity index (χ2v) is 4.88. The number of aliphatic hydroxyl groups is 1. The molecular weight excluding hydrogens is 230 g/mol. The van der Waals surface area contributed by atoms with Gasteiger partial charge in [-0.2, -0.15) is 5.10 Å². The summed E-state index contributed by atoms with van der Waals surface area (Å²) in [4.78, 5) is 8.41. The highest BCUT2D eigenvalue weighted by molar-refractivity contribution is 5.86. The van der Waals surface area contributed by atoms with E-state index in [0.717, 1.165) is 23.3 Å². The first-order valence-corrected chi connectivity index (χ1v) is 6.12. The number of hydrogen-bond donors (Lipinski definition) is 2. The molecule has 0 spiro atoms. The minimum absolute atomic E-state index is 0.00306. The molecule has 98 valence electrons. The highest BCUT2D eigenvalue weighted by atomic mass is 16.3. The lowest BCUT2D eigenvalue weighted by atomic mass is 10.0. The van der Waals surface area contributed by atoms with Gasteiger partial charge in [-0.05, 0) is 12.3 Å². The second-order valence-electron chi connectivity index (χ2n) is 4.88. The highest BCUT2D eigenvalue weighted by Gasteiger charge is 2.13. The molecule has 1 unspecified atom stereocenters. The number of hydrogen-bond acceptors (Lipinski definition) is 5. The van der Waals surface area contributed by atoms with E-state index in [0.29, 0.717) is 5.92 Å². The predicted octanol–water partition coefficient (Wildman–Crippen LogP) is 1.18. The lowest BCUT2D eigenvalue weighted by Crippen LogP contribution is -2.26. The van der Waals surface area contributed by atoms with Crippen LogP contribution >= 0.6 is 0 Å². The molecule has 6 heteroatoms. The maximum Gasteiger partial charge on any atom is 0.163 e. The Hall–Kier alpha value is -1.69. The van der Waals surface area contributed by atoms with Crippen molar-refractivity contribution in [1.82, 2.24) is 19.7 Å². The summed E-state index contributed by atoms with van der Waals surface area (Å²) in [5.74, 6) is 1.24. The molecule has 2 aromatic rings. The third-order valence-electron chi connectivity index (χ3n) is 2.85. The predicted molar refractivity (Wildman–Crippen MR) is 70.3 cm³/mol. The minimum Gasteiger partial charge on any atom is -0.394 e. The molecule has 0 radical (unpaired) electrons. The minimum atomic E-state index is 0.00306. The summed E-state index contributed by atoms with van der Waals surface area (Å²) < 4.78 is 1.71. The van der Waals surface area contributed by atoms with Gasteiger partial charge in [0.15, 0.2) is 5.65 Å². The van der Waals surface area contributed by atoms with E-state index in [1.54, 1.807) is 10.9 Å². The summed E-state index contributed by atoms with van der Waals surface area (Å²) in [7, 11) is 1.84. The molecule has 0 bridgehead atoms. The first kappa shape index (κ1) is 12.8. The van der Waals surface area contributed by atoms with Crippen molar-refractivity contribution < 1.29 is 5.11 Å². The van der Waals surface area contributed by atoms with Gasteiger partial charge in [-0.3, -0.25) is 4.68 Å². The van der Waals surface area contributed by atoms with E-state index >= 15 is 0 Å². The Morgan fingerprint density at radius 2 is 2.17 bits per heavy atom. The van der Waals surface area contributed by atoms with E-state index < -0.39 is 0 Å². The van der Waals surface area contributed by atoms with Crippen LogP contribution in [0.4, 0.5) is 5.82 Å². The highest BCUT2D eigenvalue weighted by Crippen LogP contribution is 2.19. The van der Waals surface area contributed by atoms with Crippen LogP contribution in [0.2, 0.25) is 0 Å². The number of anilines is 1. The van der Waals surface area contributed by atoms with Crippen LogP contribution in [0.15, 0.2) is 12.5 Å². The topological polar surface area (TPSA) is 75.9 Å². The van der Waals surface area contributed by atoms with Crippen LogP contribution in [-0.2, 0) is 7.05 Å². The molecule has 0 saturated heterocycles. The summed E-state index contributed by atoms with van der Waals surface area (Å²) in [6, 6.07) is 0.00306. The van der Waals surface area contributed by atoms with Crippen LogP contribution in [0.3, 0.4) is 0 Å². The summed E-state index contributed by atoms with van der Waals surface area (Å²) in [6.45, 7) is 4.35. The summed E-state index contributed by atoms with van der Waals surface area (Å²) >= 11 is 0. The Morgan fingerprint density at radius 1 is 1.39 bits per heavy atom. The molecule has 0 saturated carbocycles. The monoisotopic (exact) mass is 249 g/mol. The molecule has 0 aromatic carbocycles. The van der Waals surface area contributed by atoms with Gasteiger partial charge in [0.25, 0.3) is 0 Å². The van der Waals surface area contributed by atoms with Crippen molar-refractivity contribution in [2.75, 3.05) is 11.9 Å². The number of aryl methyl sites for hydroxylation is 1. The number of nitrogens with zero attached hydrogens (tertiary/aromatic N) is 4. The van der Waals surface area contributed by atoms with Crippen molar-refractivity contribution in [3.05, 3.63) is 12.5 Å². The molecule has 0 amide bonds. The molecule has 6 nitrogen and oxygen atoms in total. The number of fused-ring (bicyclic) bond motifs is 1. The van der Waals surface area contributed by atoms with Crippen molar-refractivity contribution in [2.45, 2.75) is 26.3 Å². The van der Waals surface area contributed by atoms with Gasteiger partial charge in [0.05, 0.1) is 24.2 Å². The maximum atomic E-state index is 9.39. The van der Waals surface area contributed by atoms with Crippen LogP contribution in [0.25, 0.3) is 11.0 Å². The van der Waals surface area contributed by atoms with E-state index in [9.17, 15) is 5.11 Å². The molecule has 0 fully saturated rings. The van der Waals surface area contributed by atoms with Crippen LogP contribution in [0.5, 0.6) is 0 Å². The lowest BCUT2D eigenvalue weighted by Gasteiger charge is -2.18.